The molecule has 0 unspecified atom stereocenters. The predicted molar refractivity (Wildman–Crippen MR) is 82.5 cm³/mol. The van der Waals surface area contributed by atoms with Gasteiger partial charge in [0.15, 0.2) is 0 Å². The van der Waals surface area contributed by atoms with E-state index in [1.807, 2.05) is 18.2 Å². The standard InChI is InChI=1S/C15H18BrN3O/c1-11(2)18-8-14-3-4-15(9-19-14)20-10-12-5-13(16)7-17-6-12/h3-7,9,11,18H,8,10H2,1-2H3. The summed E-state index contributed by atoms with van der Waals surface area (Å²) in [4.78, 5) is 8.47. The molecule has 0 radical (unpaired) electrons. The molecule has 0 spiro atoms. The molecule has 4 nitrogen and oxygen atoms in total. The van der Waals surface area contributed by atoms with Crippen molar-refractivity contribution in [3.05, 3.63) is 52.5 Å². The normalized spacial score (nSPS) is 10.8. The number of ether oxygens (including phenoxy) is 1. The van der Waals surface area contributed by atoms with E-state index in [0.717, 1.165) is 28.0 Å². The van der Waals surface area contributed by atoms with Gasteiger partial charge in [-0.1, -0.05) is 13.8 Å². The zero-order chi connectivity index (χ0) is 14.4. The van der Waals surface area contributed by atoms with E-state index in [1.165, 1.54) is 0 Å². The maximum absolute atomic E-state index is 5.68. The maximum atomic E-state index is 5.68. The summed E-state index contributed by atoms with van der Waals surface area (Å²) < 4.78 is 6.63. The molecule has 0 amide bonds. The Bertz CT molecular complexity index is 543. The molecule has 2 aromatic rings. The summed E-state index contributed by atoms with van der Waals surface area (Å²) in [7, 11) is 0. The van der Waals surface area contributed by atoms with Crippen LogP contribution in [-0.4, -0.2) is 16.0 Å². The van der Waals surface area contributed by atoms with Crippen LogP contribution in [0.25, 0.3) is 0 Å². The molecular formula is C15H18BrN3O. The number of hydrogen-bond acceptors (Lipinski definition) is 4. The summed E-state index contributed by atoms with van der Waals surface area (Å²) in [6.45, 7) is 5.48. The minimum atomic E-state index is 0.455. The first-order chi connectivity index (χ1) is 9.63. The van der Waals surface area contributed by atoms with Crippen LogP contribution in [0.2, 0.25) is 0 Å². The molecule has 2 heterocycles. The predicted octanol–water partition coefficient (Wildman–Crippen LogP) is 3.32. The quantitative estimate of drug-likeness (QED) is 0.879. The zero-order valence-corrected chi connectivity index (χ0v) is 13.2. The Kier molecular flexibility index (Phi) is 5.49. The molecule has 0 aliphatic carbocycles. The first-order valence-electron chi connectivity index (χ1n) is 6.54. The molecule has 0 aliphatic rings. The van der Waals surface area contributed by atoms with Crippen LogP contribution in [0.3, 0.4) is 0 Å². The van der Waals surface area contributed by atoms with Gasteiger partial charge < -0.3 is 10.1 Å². The van der Waals surface area contributed by atoms with Crippen molar-refractivity contribution in [3.8, 4) is 5.75 Å². The van der Waals surface area contributed by atoms with Crippen molar-refractivity contribution >= 4 is 15.9 Å². The highest BCUT2D eigenvalue weighted by atomic mass is 79.9. The number of pyridine rings is 2. The van der Waals surface area contributed by atoms with Crippen LogP contribution >= 0.6 is 15.9 Å². The number of rotatable bonds is 6. The second kappa shape index (κ2) is 7.36. The molecule has 2 rings (SSSR count). The second-order valence-corrected chi connectivity index (χ2v) is 5.74. The van der Waals surface area contributed by atoms with E-state index < -0.39 is 0 Å². The number of aromatic nitrogens is 2. The van der Waals surface area contributed by atoms with Crippen LogP contribution in [0.1, 0.15) is 25.1 Å². The number of halogens is 1. The minimum absolute atomic E-state index is 0.455. The molecule has 20 heavy (non-hydrogen) atoms. The lowest BCUT2D eigenvalue weighted by molar-refractivity contribution is 0.304. The largest absolute Gasteiger partial charge is 0.487 e. The fraction of sp³-hybridized carbons (Fsp3) is 0.333. The highest BCUT2D eigenvalue weighted by Crippen LogP contribution is 2.14. The van der Waals surface area contributed by atoms with Crippen molar-refractivity contribution in [1.29, 1.82) is 0 Å². The van der Waals surface area contributed by atoms with Gasteiger partial charge in [0.1, 0.15) is 12.4 Å². The molecule has 0 aromatic carbocycles. The third kappa shape index (κ3) is 4.90. The van der Waals surface area contributed by atoms with Gasteiger partial charge in [-0.3, -0.25) is 9.97 Å². The summed E-state index contributed by atoms with van der Waals surface area (Å²) in [6, 6.07) is 6.36. The van der Waals surface area contributed by atoms with Crippen molar-refractivity contribution in [3.63, 3.8) is 0 Å². The smallest absolute Gasteiger partial charge is 0.138 e. The van der Waals surface area contributed by atoms with Crippen LogP contribution < -0.4 is 10.1 Å². The highest BCUT2D eigenvalue weighted by Gasteiger charge is 2.00. The van der Waals surface area contributed by atoms with E-state index in [1.54, 1.807) is 18.6 Å². The fourth-order valence-corrected chi connectivity index (χ4v) is 2.02. The monoisotopic (exact) mass is 335 g/mol. The van der Waals surface area contributed by atoms with Crippen LogP contribution in [0, 0.1) is 0 Å². The van der Waals surface area contributed by atoms with Gasteiger partial charge in [-0.2, -0.15) is 0 Å². The number of hydrogen-bond donors (Lipinski definition) is 1. The number of nitrogens with zero attached hydrogens (tertiary/aromatic N) is 2. The van der Waals surface area contributed by atoms with E-state index in [0.29, 0.717) is 12.6 Å². The summed E-state index contributed by atoms with van der Waals surface area (Å²) in [5.74, 6) is 0.762. The van der Waals surface area contributed by atoms with Gasteiger partial charge in [-0.15, -0.1) is 0 Å². The molecule has 0 bridgehead atoms. The lowest BCUT2D eigenvalue weighted by Gasteiger charge is -2.09. The first-order valence-corrected chi connectivity index (χ1v) is 7.33. The van der Waals surface area contributed by atoms with Crippen LogP contribution in [0.5, 0.6) is 5.75 Å². The van der Waals surface area contributed by atoms with Gasteiger partial charge >= 0.3 is 0 Å². The van der Waals surface area contributed by atoms with Crippen molar-refractivity contribution in [2.75, 3.05) is 0 Å². The van der Waals surface area contributed by atoms with E-state index >= 15 is 0 Å². The molecule has 0 fully saturated rings. The lowest BCUT2D eigenvalue weighted by atomic mass is 10.3. The van der Waals surface area contributed by atoms with Crippen LogP contribution in [-0.2, 0) is 13.2 Å². The Morgan fingerprint density at radius 3 is 2.75 bits per heavy atom. The van der Waals surface area contributed by atoms with Gasteiger partial charge in [0, 0.05) is 35.0 Å². The molecule has 5 heteroatoms. The molecule has 2 aromatic heterocycles. The van der Waals surface area contributed by atoms with E-state index in [-0.39, 0.29) is 0 Å². The summed E-state index contributed by atoms with van der Waals surface area (Å²) in [5, 5.41) is 3.33. The van der Waals surface area contributed by atoms with Crippen molar-refractivity contribution < 1.29 is 4.74 Å². The molecule has 0 atom stereocenters. The molecule has 0 saturated carbocycles. The highest BCUT2D eigenvalue weighted by molar-refractivity contribution is 9.10. The summed E-state index contributed by atoms with van der Waals surface area (Å²) >= 11 is 3.39. The SMILES string of the molecule is CC(C)NCc1ccc(OCc2cncc(Br)c2)cn1. The van der Waals surface area contributed by atoms with Crippen molar-refractivity contribution in [1.82, 2.24) is 15.3 Å². The van der Waals surface area contributed by atoms with Crippen molar-refractivity contribution in [2.24, 2.45) is 0 Å². The minimum Gasteiger partial charge on any atom is -0.487 e. The van der Waals surface area contributed by atoms with Gasteiger partial charge in [0.2, 0.25) is 0 Å². The van der Waals surface area contributed by atoms with E-state index in [2.05, 4.69) is 45.1 Å². The Morgan fingerprint density at radius 1 is 1.25 bits per heavy atom. The molecular weight excluding hydrogens is 318 g/mol. The average molecular weight is 336 g/mol. The average Bonchev–Trinajstić information content (AvgIpc) is 2.44. The maximum Gasteiger partial charge on any atom is 0.138 e. The van der Waals surface area contributed by atoms with Crippen LogP contribution in [0.15, 0.2) is 41.3 Å². The van der Waals surface area contributed by atoms with E-state index in [9.17, 15) is 0 Å². The molecule has 106 valence electrons. The van der Waals surface area contributed by atoms with Gasteiger partial charge in [-0.25, -0.2) is 0 Å². The lowest BCUT2D eigenvalue weighted by Crippen LogP contribution is -2.22. The third-order valence-corrected chi connectivity index (χ3v) is 3.09. The fourth-order valence-electron chi connectivity index (χ4n) is 1.61. The van der Waals surface area contributed by atoms with Crippen LogP contribution in [0.4, 0.5) is 0 Å². The summed E-state index contributed by atoms with van der Waals surface area (Å²) in [5.41, 5.74) is 2.03. The first kappa shape index (κ1) is 14.9. The number of nitrogens with one attached hydrogen (secondary N) is 1. The third-order valence-electron chi connectivity index (χ3n) is 2.66. The van der Waals surface area contributed by atoms with Gasteiger partial charge in [0.25, 0.3) is 0 Å². The Balaban J connectivity index is 1.87. The van der Waals surface area contributed by atoms with Gasteiger partial charge in [0.05, 0.1) is 11.9 Å². The Labute approximate surface area is 127 Å². The van der Waals surface area contributed by atoms with Crippen molar-refractivity contribution in [2.45, 2.75) is 33.0 Å². The second-order valence-electron chi connectivity index (χ2n) is 4.82. The summed E-state index contributed by atoms with van der Waals surface area (Å²) in [6.07, 6.45) is 5.30. The zero-order valence-electron chi connectivity index (χ0n) is 11.6. The van der Waals surface area contributed by atoms with Gasteiger partial charge in [-0.05, 0) is 34.1 Å². The Morgan fingerprint density at radius 2 is 2.10 bits per heavy atom. The molecule has 0 aliphatic heterocycles. The Hall–Kier alpha value is -1.46. The van der Waals surface area contributed by atoms with E-state index in [4.69, 9.17) is 4.74 Å². The topological polar surface area (TPSA) is 47.0 Å². The molecule has 0 saturated heterocycles. The molecule has 1 N–H and O–H groups in total.